The highest BCUT2D eigenvalue weighted by atomic mass is 35.5. The van der Waals surface area contributed by atoms with Crippen molar-refractivity contribution < 1.29 is 9.18 Å². The summed E-state index contributed by atoms with van der Waals surface area (Å²) in [5.41, 5.74) is 2.73. The van der Waals surface area contributed by atoms with Crippen molar-refractivity contribution >= 4 is 18.3 Å². The zero-order valence-corrected chi connectivity index (χ0v) is 7.60. The molecule has 13 heavy (non-hydrogen) atoms. The Balaban J connectivity index is 0.00000144. The molecule has 5 heteroatoms. The number of benzene rings is 1. The van der Waals surface area contributed by atoms with Crippen molar-refractivity contribution in [1.29, 1.82) is 0 Å². The standard InChI is InChI=1S/C8H9FN2O.ClH/c9-7-3-1-6(2-4-7)5-8(12)11-10;/h1-4H,5,10H2,(H,11,12);1H. The van der Waals surface area contributed by atoms with Crippen molar-refractivity contribution in [3.8, 4) is 0 Å². The van der Waals surface area contributed by atoms with Crippen LogP contribution in [-0.2, 0) is 11.2 Å². The lowest BCUT2D eigenvalue weighted by atomic mass is 10.1. The molecule has 0 fully saturated rings. The number of hydrogen-bond donors (Lipinski definition) is 2. The van der Waals surface area contributed by atoms with Gasteiger partial charge in [-0.25, -0.2) is 10.2 Å². The highest BCUT2D eigenvalue weighted by Crippen LogP contribution is 2.02. The number of halogens is 2. The van der Waals surface area contributed by atoms with Crippen LogP contribution in [-0.4, -0.2) is 5.91 Å². The Bertz CT molecular complexity index is 276. The van der Waals surface area contributed by atoms with Gasteiger partial charge in [-0.05, 0) is 17.7 Å². The SMILES string of the molecule is Cl.NNC(=O)Cc1ccc(F)cc1. The van der Waals surface area contributed by atoms with Crippen LogP contribution in [0, 0.1) is 5.82 Å². The Morgan fingerprint density at radius 2 is 1.92 bits per heavy atom. The van der Waals surface area contributed by atoms with E-state index in [-0.39, 0.29) is 30.6 Å². The lowest BCUT2D eigenvalue weighted by Crippen LogP contribution is -2.31. The number of carbonyl (C=O) groups is 1. The fourth-order valence-corrected chi connectivity index (χ4v) is 0.839. The first-order chi connectivity index (χ1) is 5.72. The van der Waals surface area contributed by atoms with Crippen LogP contribution in [0.4, 0.5) is 4.39 Å². The molecule has 3 nitrogen and oxygen atoms in total. The summed E-state index contributed by atoms with van der Waals surface area (Å²) in [4.78, 5) is 10.7. The van der Waals surface area contributed by atoms with Crippen molar-refractivity contribution in [2.24, 2.45) is 5.84 Å². The molecule has 0 aromatic heterocycles. The van der Waals surface area contributed by atoms with Crippen LogP contribution in [0.15, 0.2) is 24.3 Å². The second-order valence-electron chi connectivity index (χ2n) is 2.37. The Hall–Kier alpha value is -1.13. The predicted molar refractivity (Wildman–Crippen MR) is 49.7 cm³/mol. The zero-order valence-electron chi connectivity index (χ0n) is 6.79. The minimum atomic E-state index is -0.313. The number of hydrogen-bond acceptors (Lipinski definition) is 2. The summed E-state index contributed by atoms with van der Waals surface area (Å²) in [5, 5.41) is 0. The van der Waals surface area contributed by atoms with Crippen LogP contribution in [0.1, 0.15) is 5.56 Å². The Morgan fingerprint density at radius 3 is 2.38 bits per heavy atom. The van der Waals surface area contributed by atoms with Crippen LogP contribution in [0.5, 0.6) is 0 Å². The molecule has 0 radical (unpaired) electrons. The van der Waals surface area contributed by atoms with E-state index in [9.17, 15) is 9.18 Å². The van der Waals surface area contributed by atoms with E-state index in [1.54, 1.807) is 12.1 Å². The lowest BCUT2D eigenvalue weighted by molar-refractivity contribution is -0.120. The second-order valence-corrected chi connectivity index (χ2v) is 2.37. The molecule has 0 aliphatic rings. The van der Waals surface area contributed by atoms with Crippen molar-refractivity contribution in [3.05, 3.63) is 35.6 Å². The first-order valence-corrected chi connectivity index (χ1v) is 3.46. The summed E-state index contributed by atoms with van der Waals surface area (Å²) < 4.78 is 12.4. The zero-order chi connectivity index (χ0) is 8.97. The summed E-state index contributed by atoms with van der Waals surface area (Å²) >= 11 is 0. The van der Waals surface area contributed by atoms with Gasteiger partial charge in [0.2, 0.25) is 5.91 Å². The van der Waals surface area contributed by atoms with Gasteiger partial charge in [0, 0.05) is 0 Å². The van der Waals surface area contributed by atoms with Crippen LogP contribution in [0.25, 0.3) is 0 Å². The minimum Gasteiger partial charge on any atom is -0.294 e. The number of rotatable bonds is 2. The van der Waals surface area contributed by atoms with Crippen LogP contribution in [0.2, 0.25) is 0 Å². The van der Waals surface area contributed by atoms with Gasteiger partial charge in [-0.1, -0.05) is 12.1 Å². The third-order valence-electron chi connectivity index (χ3n) is 1.44. The molecule has 0 saturated heterocycles. The predicted octanol–water partition coefficient (Wildman–Crippen LogP) is 0.780. The average molecular weight is 205 g/mol. The molecule has 0 heterocycles. The molecule has 72 valence electrons. The summed E-state index contributed by atoms with van der Waals surface area (Å²) in [7, 11) is 0. The highest BCUT2D eigenvalue weighted by molar-refractivity contribution is 5.85. The Labute approximate surface area is 81.5 Å². The molecule has 0 saturated carbocycles. The molecule has 3 N–H and O–H groups in total. The fraction of sp³-hybridized carbons (Fsp3) is 0.125. The molecule has 1 rings (SSSR count). The van der Waals surface area contributed by atoms with Gasteiger partial charge < -0.3 is 0 Å². The maximum absolute atomic E-state index is 12.4. The van der Waals surface area contributed by atoms with Crippen molar-refractivity contribution in [2.45, 2.75) is 6.42 Å². The van der Waals surface area contributed by atoms with Gasteiger partial charge in [0.05, 0.1) is 6.42 Å². The van der Waals surface area contributed by atoms with Crippen molar-refractivity contribution in [3.63, 3.8) is 0 Å². The van der Waals surface area contributed by atoms with Gasteiger partial charge >= 0.3 is 0 Å². The van der Waals surface area contributed by atoms with E-state index >= 15 is 0 Å². The van der Waals surface area contributed by atoms with Crippen molar-refractivity contribution in [2.75, 3.05) is 0 Å². The summed E-state index contributed by atoms with van der Waals surface area (Å²) in [6, 6.07) is 5.70. The highest BCUT2D eigenvalue weighted by Gasteiger charge is 1.99. The Kier molecular flexibility index (Phi) is 5.03. The van der Waals surface area contributed by atoms with Crippen LogP contribution >= 0.6 is 12.4 Å². The third kappa shape index (κ3) is 3.87. The maximum Gasteiger partial charge on any atom is 0.238 e. The Morgan fingerprint density at radius 1 is 1.38 bits per heavy atom. The molecule has 0 aliphatic heterocycles. The average Bonchev–Trinajstić information content (AvgIpc) is 2.09. The van der Waals surface area contributed by atoms with Gasteiger partial charge in [0.25, 0.3) is 0 Å². The smallest absolute Gasteiger partial charge is 0.238 e. The second kappa shape index (κ2) is 5.50. The van der Waals surface area contributed by atoms with Crippen LogP contribution in [0.3, 0.4) is 0 Å². The number of hydrazine groups is 1. The largest absolute Gasteiger partial charge is 0.294 e. The first-order valence-electron chi connectivity index (χ1n) is 3.46. The molecule has 0 atom stereocenters. The fourth-order valence-electron chi connectivity index (χ4n) is 0.839. The van der Waals surface area contributed by atoms with Gasteiger partial charge in [-0.2, -0.15) is 0 Å². The maximum atomic E-state index is 12.4. The topological polar surface area (TPSA) is 55.1 Å². The quantitative estimate of drug-likeness (QED) is 0.425. The summed E-state index contributed by atoms with van der Waals surface area (Å²) in [6.45, 7) is 0. The normalized spacial score (nSPS) is 8.77. The van der Waals surface area contributed by atoms with E-state index in [1.807, 2.05) is 5.43 Å². The molecule has 0 spiro atoms. The lowest BCUT2D eigenvalue weighted by Gasteiger charge is -1.98. The van der Waals surface area contributed by atoms with Crippen LogP contribution < -0.4 is 11.3 Å². The molecule has 0 bridgehead atoms. The molecule has 0 unspecified atom stereocenters. The van der Waals surface area contributed by atoms with Gasteiger partial charge in [0.1, 0.15) is 5.82 Å². The van der Waals surface area contributed by atoms with E-state index in [2.05, 4.69) is 0 Å². The van der Waals surface area contributed by atoms with Gasteiger partial charge in [-0.15, -0.1) is 12.4 Å². The van der Waals surface area contributed by atoms with E-state index in [1.165, 1.54) is 12.1 Å². The number of nitrogens with two attached hydrogens (primary N) is 1. The molecule has 0 aliphatic carbocycles. The number of amides is 1. The van der Waals surface area contributed by atoms with Gasteiger partial charge in [0.15, 0.2) is 0 Å². The van der Waals surface area contributed by atoms with Gasteiger partial charge in [-0.3, -0.25) is 10.2 Å². The van der Waals surface area contributed by atoms with E-state index in [0.29, 0.717) is 0 Å². The number of nitrogens with one attached hydrogen (secondary N) is 1. The minimum absolute atomic E-state index is 0. The van der Waals surface area contributed by atoms with E-state index in [4.69, 9.17) is 5.84 Å². The molecule has 1 amide bonds. The molecular formula is C8H10ClFN2O. The van der Waals surface area contributed by atoms with Crippen molar-refractivity contribution in [1.82, 2.24) is 5.43 Å². The van der Waals surface area contributed by atoms with E-state index in [0.717, 1.165) is 5.56 Å². The molecule has 1 aromatic carbocycles. The summed E-state index contributed by atoms with van der Waals surface area (Å²) in [6.07, 6.45) is 0.177. The summed E-state index contributed by atoms with van der Waals surface area (Å²) in [5.74, 6) is 4.27. The molecular weight excluding hydrogens is 195 g/mol. The monoisotopic (exact) mass is 204 g/mol. The molecule has 1 aromatic rings. The van der Waals surface area contributed by atoms with E-state index < -0.39 is 0 Å². The number of carbonyl (C=O) groups excluding carboxylic acids is 1. The third-order valence-corrected chi connectivity index (χ3v) is 1.44. The first kappa shape index (κ1) is 11.9.